The molecule has 1 aromatic rings. The number of aliphatic imine (C=N–C) groups is 2. The maximum absolute atomic E-state index is 6.10. The first kappa shape index (κ1) is 21.0. The molecule has 0 aliphatic carbocycles. The van der Waals surface area contributed by atoms with Crippen LogP contribution in [0.2, 0.25) is 0 Å². The van der Waals surface area contributed by atoms with Gasteiger partial charge in [-0.25, -0.2) is 4.99 Å². The quantitative estimate of drug-likeness (QED) is 0.540. The number of benzene rings is 1. The molecule has 27 heavy (non-hydrogen) atoms. The molecular weight excluding hydrogens is 340 g/mol. The van der Waals surface area contributed by atoms with Crippen molar-refractivity contribution in [1.82, 2.24) is 5.32 Å². The van der Waals surface area contributed by atoms with E-state index in [1.54, 1.807) is 7.05 Å². The van der Waals surface area contributed by atoms with Gasteiger partial charge in [-0.05, 0) is 31.4 Å². The zero-order chi connectivity index (χ0) is 19.6. The summed E-state index contributed by atoms with van der Waals surface area (Å²) in [5, 5.41) is 3.39. The average molecular weight is 373 g/mol. The average Bonchev–Trinajstić information content (AvgIpc) is 2.63. The standard InChI is InChI=1S/C21H32N4O2/c1-5-26-14-21(23-4)24-16-9-10-20(22)25-18-7-6-8-19(17(18)13-16)27-12-11-15(2)3/h6-9,15H,5,10-14H2,1-4H3,(H2,22,25)(H,23,24)/b16-9+. The van der Waals surface area contributed by atoms with Crippen molar-refractivity contribution in [2.24, 2.45) is 21.6 Å². The largest absolute Gasteiger partial charge is 0.493 e. The molecule has 1 aromatic carbocycles. The van der Waals surface area contributed by atoms with Crippen molar-refractivity contribution in [2.45, 2.75) is 40.0 Å². The van der Waals surface area contributed by atoms with Crippen molar-refractivity contribution in [2.75, 3.05) is 26.9 Å². The first-order valence-corrected chi connectivity index (χ1v) is 9.60. The van der Waals surface area contributed by atoms with Crippen molar-refractivity contribution >= 4 is 17.4 Å². The number of nitrogens with one attached hydrogen (secondary N) is 1. The summed E-state index contributed by atoms with van der Waals surface area (Å²) in [6.07, 6.45) is 4.34. The number of nitrogens with zero attached hydrogens (tertiary/aromatic N) is 2. The molecule has 1 aliphatic rings. The number of allylic oxidation sites excluding steroid dienone is 1. The van der Waals surface area contributed by atoms with Gasteiger partial charge in [-0.15, -0.1) is 0 Å². The summed E-state index contributed by atoms with van der Waals surface area (Å²) in [6.45, 7) is 8.14. The predicted molar refractivity (Wildman–Crippen MR) is 112 cm³/mol. The smallest absolute Gasteiger partial charge is 0.126 e. The van der Waals surface area contributed by atoms with Crippen LogP contribution in [0, 0.1) is 5.92 Å². The number of hydrogen-bond donors (Lipinski definition) is 2. The number of hydrogen-bond acceptors (Lipinski definition) is 5. The van der Waals surface area contributed by atoms with E-state index in [-0.39, 0.29) is 0 Å². The number of fused-ring (bicyclic) bond motifs is 1. The lowest BCUT2D eigenvalue weighted by molar-refractivity contribution is 0.185. The lowest BCUT2D eigenvalue weighted by atomic mass is 10.0. The van der Waals surface area contributed by atoms with Crippen molar-refractivity contribution in [3.63, 3.8) is 0 Å². The third-order valence-electron chi connectivity index (χ3n) is 4.27. The second-order valence-electron chi connectivity index (χ2n) is 6.93. The highest BCUT2D eigenvalue weighted by Crippen LogP contribution is 2.32. The molecule has 3 N–H and O–H groups in total. The maximum atomic E-state index is 6.10. The Morgan fingerprint density at radius 3 is 2.89 bits per heavy atom. The van der Waals surface area contributed by atoms with Gasteiger partial charge in [0.15, 0.2) is 0 Å². The molecule has 6 nitrogen and oxygen atoms in total. The summed E-state index contributed by atoms with van der Waals surface area (Å²) in [5.41, 5.74) is 9.02. The number of rotatable bonds is 8. The number of amidine groups is 2. The minimum absolute atomic E-state index is 0.452. The van der Waals surface area contributed by atoms with Crippen molar-refractivity contribution in [3.8, 4) is 5.75 Å². The lowest BCUT2D eigenvalue weighted by Gasteiger charge is -2.19. The minimum Gasteiger partial charge on any atom is -0.493 e. The van der Waals surface area contributed by atoms with E-state index in [1.165, 1.54) is 0 Å². The summed E-state index contributed by atoms with van der Waals surface area (Å²) in [6, 6.07) is 5.95. The third-order valence-corrected chi connectivity index (χ3v) is 4.27. The van der Waals surface area contributed by atoms with E-state index in [4.69, 9.17) is 15.2 Å². The van der Waals surface area contributed by atoms with Crippen LogP contribution >= 0.6 is 0 Å². The highest BCUT2D eigenvalue weighted by molar-refractivity contribution is 5.87. The molecule has 6 heteroatoms. The molecule has 0 atom stereocenters. The molecule has 0 saturated carbocycles. The molecule has 0 saturated heterocycles. The Morgan fingerprint density at radius 1 is 1.37 bits per heavy atom. The highest BCUT2D eigenvalue weighted by atomic mass is 16.5. The molecule has 0 aromatic heterocycles. The third kappa shape index (κ3) is 6.71. The molecule has 1 aliphatic heterocycles. The van der Waals surface area contributed by atoms with E-state index in [0.29, 0.717) is 44.4 Å². The van der Waals surface area contributed by atoms with Crippen LogP contribution in [0.15, 0.2) is 40.0 Å². The fourth-order valence-corrected chi connectivity index (χ4v) is 2.70. The molecule has 0 bridgehead atoms. The Bertz CT molecular complexity index is 708. The van der Waals surface area contributed by atoms with Crippen molar-refractivity contribution in [3.05, 3.63) is 35.5 Å². The van der Waals surface area contributed by atoms with Gasteiger partial charge < -0.3 is 20.5 Å². The summed E-state index contributed by atoms with van der Waals surface area (Å²) in [7, 11) is 1.76. The van der Waals surface area contributed by atoms with Gasteiger partial charge in [0.25, 0.3) is 0 Å². The van der Waals surface area contributed by atoms with Crippen molar-refractivity contribution < 1.29 is 9.47 Å². The van der Waals surface area contributed by atoms with Gasteiger partial charge in [0.2, 0.25) is 0 Å². The maximum Gasteiger partial charge on any atom is 0.126 e. The molecule has 2 rings (SSSR count). The fraction of sp³-hybridized carbons (Fsp3) is 0.524. The summed E-state index contributed by atoms with van der Waals surface area (Å²) >= 11 is 0. The Labute approximate surface area is 162 Å². The van der Waals surface area contributed by atoms with Crippen LogP contribution in [0.5, 0.6) is 5.75 Å². The summed E-state index contributed by atoms with van der Waals surface area (Å²) in [4.78, 5) is 8.86. The SMILES string of the molecule is CCOC/C(=N/C)N/C1=C/C/C(N)=N\c2cccc(OCCC(C)C)c2C1. The Kier molecular flexibility index (Phi) is 8.33. The molecule has 1 heterocycles. The molecule has 0 radical (unpaired) electrons. The van der Waals surface area contributed by atoms with E-state index in [1.807, 2.05) is 25.1 Å². The number of nitrogens with two attached hydrogens (primary N) is 1. The van der Waals surface area contributed by atoms with Gasteiger partial charge in [0.05, 0.1) is 12.3 Å². The Balaban J connectivity index is 2.24. The summed E-state index contributed by atoms with van der Waals surface area (Å²) in [5.74, 6) is 2.83. The van der Waals surface area contributed by atoms with E-state index < -0.39 is 0 Å². The Hall–Kier alpha value is -2.34. The van der Waals surface area contributed by atoms with Gasteiger partial charge in [0.1, 0.15) is 24.0 Å². The summed E-state index contributed by atoms with van der Waals surface area (Å²) < 4.78 is 11.6. The molecule has 0 spiro atoms. The van der Waals surface area contributed by atoms with E-state index in [2.05, 4.69) is 35.2 Å². The van der Waals surface area contributed by atoms with E-state index >= 15 is 0 Å². The van der Waals surface area contributed by atoms with Gasteiger partial charge in [-0.3, -0.25) is 4.99 Å². The molecule has 0 fully saturated rings. The predicted octanol–water partition coefficient (Wildman–Crippen LogP) is 3.58. The van der Waals surface area contributed by atoms with Crippen LogP contribution < -0.4 is 15.8 Å². The molecule has 148 valence electrons. The van der Waals surface area contributed by atoms with Gasteiger partial charge in [-0.2, -0.15) is 0 Å². The van der Waals surface area contributed by atoms with Gasteiger partial charge in [-0.1, -0.05) is 26.0 Å². The molecule has 0 amide bonds. The van der Waals surface area contributed by atoms with Crippen LogP contribution in [0.25, 0.3) is 0 Å². The highest BCUT2D eigenvalue weighted by Gasteiger charge is 2.15. The number of ether oxygens (including phenoxy) is 2. The fourth-order valence-electron chi connectivity index (χ4n) is 2.70. The first-order chi connectivity index (χ1) is 13.0. The second-order valence-corrected chi connectivity index (χ2v) is 6.93. The lowest BCUT2D eigenvalue weighted by Crippen LogP contribution is -2.29. The van der Waals surface area contributed by atoms with E-state index in [0.717, 1.165) is 35.0 Å². The minimum atomic E-state index is 0.452. The normalized spacial score (nSPS) is 18.6. The molecular formula is C21H32N4O2. The van der Waals surface area contributed by atoms with Crippen LogP contribution in [0.3, 0.4) is 0 Å². The van der Waals surface area contributed by atoms with Crippen molar-refractivity contribution in [1.29, 1.82) is 0 Å². The topological polar surface area (TPSA) is 81.2 Å². The second kappa shape index (κ2) is 10.7. The zero-order valence-corrected chi connectivity index (χ0v) is 16.9. The first-order valence-electron chi connectivity index (χ1n) is 9.60. The van der Waals surface area contributed by atoms with Crippen LogP contribution in [0.1, 0.15) is 39.2 Å². The monoisotopic (exact) mass is 372 g/mol. The zero-order valence-electron chi connectivity index (χ0n) is 16.9. The van der Waals surface area contributed by atoms with Gasteiger partial charge >= 0.3 is 0 Å². The van der Waals surface area contributed by atoms with E-state index in [9.17, 15) is 0 Å². The van der Waals surface area contributed by atoms with Gasteiger partial charge in [0, 0.05) is 37.8 Å². The van der Waals surface area contributed by atoms with Crippen LogP contribution in [0.4, 0.5) is 5.69 Å². The van der Waals surface area contributed by atoms with Crippen LogP contribution in [-0.4, -0.2) is 38.5 Å². The van der Waals surface area contributed by atoms with Crippen LogP contribution in [-0.2, 0) is 11.2 Å². The molecule has 0 unspecified atom stereocenters. The Morgan fingerprint density at radius 2 is 2.19 bits per heavy atom.